The van der Waals surface area contributed by atoms with Crippen LogP contribution in [0.3, 0.4) is 0 Å². The molecule has 3 rings (SSSR count). The van der Waals surface area contributed by atoms with Crippen LogP contribution in [0.4, 0.5) is 11.4 Å². The van der Waals surface area contributed by atoms with Crippen LogP contribution in [0.1, 0.15) is 17.5 Å². The van der Waals surface area contributed by atoms with E-state index in [-0.39, 0.29) is 17.2 Å². The van der Waals surface area contributed by atoms with Gasteiger partial charge in [-0.05, 0) is 60.9 Å². The summed E-state index contributed by atoms with van der Waals surface area (Å²) in [5.74, 6) is -0.168. The van der Waals surface area contributed by atoms with E-state index in [1.54, 1.807) is 30.3 Å². The molecule has 0 heterocycles. The van der Waals surface area contributed by atoms with E-state index in [4.69, 9.17) is 11.6 Å². The largest absolute Gasteiger partial charge is 0.326 e. The van der Waals surface area contributed by atoms with Crippen molar-refractivity contribution in [3.63, 3.8) is 0 Å². The number of anilines is 2. The highest BCUT2D eigenvalue weighted by molar-refractivity contribution is 7.92. The Kier molecular flexibility index (Phi) is 6.56. The zero-order valence-corrected chi connectivity index (χ0v) is 17.4. The van der Waals surface area contributed by atoms with E-state index in [2.05, 4.69) is 10.0 Å². The van der Waals surface area contributed by atoms with Crippen LogP contribution in [-0.4, -0.2) is 14.3 Å². The van der Waals surface area contributed by atoms with Crippen LogP contribution in [0, 0.1) is 6.92 Å². The van der Waals surface area contributed by atoms with Crippen molar-refractivity contribution in [2.75, 3.05) is 10.0 Å². The number of amides is 1. The molecule has 0 radical (unpaired) electrons. The second kappa shape index (κ2) is 9.11. The third-order valence-corrected chi connectivity index (χ3v) is 6.17. The molecule has 0 spiro atoms. The van der Waals surface area contributed by atoms with Crippen LogP contribution in [0.5, 0.6) is 0 Å². The number of nitrogens with one attached hydrogen (secondary N) is 2. The van der Waals surface area contributed by atoms with Gasteiger partial charge in [0.15, 0.2) is 0 Å². The standard InChI is InChI=1S/C22H21ClN2O3S/c1-16-6-2-5-9-21(16)25-29(27,28)19-13-11-18(12-14-19)24-22(26)15-10-17-7-3-4-8-20(17)23/h2-9,11-14,25H,10,15H2,1H3,(H,24,26). The Labute approximate surface area is 175 Å². The number of sulfonamides is 1. The molecule has 5 nitrogen and oxygen atoms in total. The fourth-order valence-electron chi connectivity index (χ4n) is 2.78. The molecule has 2 N–H and O–H groups in total. The van der Waals surface area contributed by atoms with Gasteiger partial charge in [-0.15, -0.1) is 0 Å². The molecular formula is C22H21ClN2O3S. The van der Waals surface area contributed by atoms with Crippen molar-refractivity contribution in [3.8, 4) is 0 Å². The maximum Gasteiger partial charge on any atom is 0.261 e. The summed E-state index contributed by atoms with van der Waals surface area (Å²) in [6, 6.07) is 20.6. The molecule has 0 atom stereocenters. The highest BCUT2D eigenvalue weighted by atomic mass is 35.5. The van der Waals surface area contributed by atoms with Crippen molar-refractivity contribution in [2.45, 2.75) is 24.7 Å². The first kappa shape index (κ1) is 20.9. The Morgan fingerprint density at radius 2 is 1.59 bits per heavy atom. The average Bonchev–Trinajstić information content (AvgIpc) is 2.69. The molecule has 0 aromatic heterocycles. The number of hydrogen-bond donors (Lipinski definition) is 2. The number of para-hydroxylation sites is 1. The van der Waals surface area contributed by atoms with E-state index < -0.39 is 10.0 Å². The lowest BCUT2D eigenvalue weighted by Gasteiger charge is -2.11. The SMILES string of the molecule is Cc1ccccc1NS(=O)(=O)c1ccc(NC(=O)CCc2ccccc2Cl)cc1. The van der Waals surface area contributed by atoms with Crippen molar-refractivity contribution in [1.82, 2.24) is 0 Å². The Balaban J connectivity index is 1.61. The molecule has 0 aliphatic heterocycles. The van der Waals surface area contributed by atoms with Crippen LogP contribution < -0.4 is 10.0 Å². The summed E-state index contributed by atoms with van der Waals surface area (Å²) in [4.78, 5) is 12.3. The van der Waals surface area contributed by atoms with E-state index in [1.165, 1.54) is 12.1 Å². The van der Waals surface area contributed by atoms with Gasteiger partial charge < -0.3 is 5.32 Å². The summed E-state index contributed by atoms with van der Waals surface area (Å²) in [6.07, 6.45) is 0.803. The highest BCUT2D eigenvalue weighted by Crippen LogP contribution is 2.21. The Morgan fingerprint density at radius 1 is 0.931 bits per heavy atom. The van der Waals surface area contributed by atoms with Gasteiger partial charge in [0.2, 0.25) is 5.91 Å². The van der Waals surface area contributed by atoms with Crippen molar-refractivity contribution in [3.05, 3.63) is 88.9 Å². The lowest BCUT2D eigenvalue weighted by atomic mass is 10.1. The van der Waals surface area contributed by atoms with Crippen molar-refractivity contribution < 1.29 is 13.2 Å². The van der Waals surface area contributed by atoms with Crippen molar-refractivity contribution >= 4 is 38.9 Å². The molecule has 0 aliphatic carbocycles. The Morgan fingerprint density at radius 3 is 2.28 bits per heavy atom. The average molecular weight is 429 g/mol. The van der Waals surface area contributed by atoms with Gasteiger partial charge in [-0.2, -0.15) is 0 Å². The van der Waals surface area contributed by atoms with Gasteiger partial charge in [-0.1, -0.05) is 48.0 Å². The minimum Gasteiger partial charge on any atom is -0.326 e. The summed E-state index contributed by atoms with van der Waals surface area (Å²) in [6.45, 7) is 1.83. The van der Waals surface area contributed by atoms with Gasteiger partial charge in [-0.3, -0.25) is 9.52 Å². The predicted molar refractivity (Wildman–Crippen MR) is 117 cm³/mol. The van der Waals surface area contributed by atoms with Gasteiger partial charge in [0.05, 0.1) is 10.6 Å². The topological polar surface area (TPSA) is 75.3 Å². The fourth-order valence-corrected chi connectivity index (χ4v) is 4.14. The van der Waals surface area contributed by atoms with Gasteiger partial charge in [0, 0.05) is 17.1 Å². The van der Waals surface area contributed by atoms with Crippen molar-refractivity contribution in [1.29, 1.82) is 0 Å². The smallest absolute Gasteiger partial charge is 0.261 e. The fraction of sp³-hybridized carbons (Fsp3) is 0.136. The van der Waals surface area contributed by atoms with Gasteiger partial charge in [0.1, 0.15) is 0 Å². The molecule has 0 bridgehead atoms. The molecule has 0 fully saturated rings. The Bertz CT molecular complexity index is 1110. The number of halogens is 1. The summed E-state index contributed by atoms with van der Waals surface area (Å²) in [5, 5.41) is 3.41. The third-order valence-electron chi connectivity index (χ3n) is 4.42. The minimum atomic E-state index is -3.71. The molecule has 29 heavy (non-hydrogen) atoms. The monoisotopic (exact) mass is 428 g/mol. The zero-order chi connectivity index (χ0) is 20.9. The molecule has 0 unspecified atom stereocenters. The molecule has 3 aromatic rings. The Hall–Kier alpha value is -2.83. The first-order valence-electron chi connectivity index (χ1n) is 9.07. The number of rotatable bonds is 7. The molecule has 150 valence electrons. The maximum absolute atomic E-state index is 12.6. The van der Waals surface area contributed by atoms with Crippen LogP contribution in [-0.2, 0) is 21.2 Å². The van der Waals surface area contributed by atoms with Gasteiger partial charge in [0.25, 0.3) is 10.0 Å². The van der Waals surface area contributed by atoms with Crippen LogP contribution >= 0.6 is 11.6 Å². The van der Waals surface area contributed by atoms with Crippen LogP contribution in [0.2, 0.25) is 5.02 Å². The second-order valence-corrected chi connectivity index (χ2v) is 8.67. The molecule has 1 amide bonds. The number of carbonyl (C=O) groups excluding carboxylic acids is 1. The summed E-state index contributed by atoms with van der Waals surface area (Å²) in [5.41, 5.74) is 2.81. The van der Waals surface area contributed by atoms with Gasteiger partial charge in [-0.25, -0.2) is 8.42 Å². The summed E-state index contributed by atoms with van der Waals surface area (Å²) >= 11 is 6.10. The minimum absolute atomic E-state index is 0.120. The molecular weight excluding hydrogens is 408 g/mol. The van der Waals surface area contributed by atoms with Crippen LogP contribution in [0.15, 0.2) is 77.7 Å². The molecule has 3 aromatic carbocycles. The zero-order valence-electron chi connectivity index (χ0n) is 15.9. The van der Waals surface area contributed by atoms with E-state index in [9.17, 15) is 13.2 Å². The molecule has 7 heteroatoms. The summed E-state index contributed by atoms with van der Waals surface area (Å²) < 4.78 is 27.7. The highest BCUT2D eigenvalue weighted by Gasteiger charge is 2.15. The lowest BCUT2D eigenvalue weighted by molar-refractivity contribution is -0.116. The number of aryl methyl sites for hydroxylation is 2. The summed E-state index contributed by atoms with van der Waals surface area (Å²) in [7, 11) is -3.71. The maximum atomic E-state index is 12.6. The predicted octanol–water partition coefficient (Wildman–Crippen LogP) is 5.02. The van der Waals surface area contributed by atoms with Crippen LogP contribution in [0.25, 0.3) is 0 Å². The molecule has 0 aliphatic rings. The normalized spacial score (nSPS) is 11.1. The van der Waals surface area contributed by atoms with E-state index in [1.807, 2.05) is 37.3 Å². The first-order valence-corrected chi connectivity index (χ1v) is 10.9. The quantitative estimate of drug-likeness (QED) is 0.554. The van der Waals surface area contributed by atoms with Gasteiger partial charge >= 0.3 is 0 Å². The third kappa shape index (κ3) is 5.59. The van der Waals surface area contributed by atoms with E-state index in [0.29, 0.717) is 22.8 Å². The number of hydrogen-bond acceptors (Lipinski definition) is 3. The molecule has 0 saturated heterocycles. The first-order chi connectivity index (χ1) is 13.8. The van der Waals surface area contributed by atoms with Crippen molar-refractivity contribution in [2.24, 2.45) is 0 Å². The number of carbonyl (C=O) groups is 1. The van der Waals surface area contributed by atoms with E-state index >= 15 is 0 Å². The number of benzene rings is 3. The molecule has 0 saturated carbocycles. The lowest BCUT2D eigenvalue weighted by Crippen LogP contribution is -2.15. The second-order valence-electron chi connectivity index (χ2n) is 6.58. The van der Waals surface area contributed by atoms with E-state index in [0.717, 1.165) is 11.1 Å².